The van der Waals surface area contributed by atoms with Gasteiger partial charge in [-0.15, -0.1) is 24.0 Å². The zero-order valence-electron chi connectivity index (χ0n) is 16.7. The van der Waals surface area contributed by atoms with E-state index in [0.717, 1.165) is 32.4 Å². The first-order valence-corrected chi connectivity index (χ1v) is 9.53. The number of amides is 1. The highest BCUT2D eigenvalue weighted by Gasteiger charge is 2.19. The predicted octanol–water partition coefficient (Wildman–Crippen LogP) is 2.73. The Labute approximate surface area is 180 Å². The molecule has 27 heavy (non-hydrogen) atoms. The van der Waals surface area contributed by atoms with Crippen LogP contribution in [0.1, 0.15) is 43.4 Å². The van der Waals surface area contributed by atoms with Crippen LogP contribution in [0.3, 0.4) is 0 Å². The third-order valence-electron chi connectivity index (χ3n) is 4.46. The van der Waals surface area contributed by atoms with E-state index in [2.05, 4.69) is 39.9 Å². The molecule has 2 rings (SSSR count). The second-order valence-electron chi connectivity index (χ2n) is 6.71. The van der Waals surface area contributed by atoms with E-state index in [1.54, 1.807) is 19.0 Å². The van der Waals surface area contributed by atoms with Crippen molar-refractivity contribution < 1.29 is 9.53 Å². The van der Waals surface area contributed by atoms with E-state index >= 15 is 0 Å². The molecule has 152 valence electrons. The number of hydrogen-bond donors (Lipinski definition) is 2. The van der Waals surface area contributed by atoms with Crippen LogP contribution in [0.2, 0.25) is 0 Å². The first kappa shape index (κ1) is 23.7. The summed E-state index contributed by atoms with van der Waals surface area (Å²) in [5.41, 5.74) is 2.78. The third-order valence-corrected chi connectivity index (χ3v) is 4.46. The number of aryl methyl sites for hydroxylation is 1. The lowest BCUT2D eigenvalue weighted by atomic mass is 9.89. The maximum atomic E-state index is 11.6. The minimum Gasteiger partial charge on any atom is -0.373 e. The summed E-state index contributed by atoms with van der Waals surface area (Å²) in [5.74, 6) is 0.659. The topological polar surface area (TPSA) is 66.0 Å². The standard InChI is InChI=1S/C20H32N4O2.HI/c1-4-21-20(23-15-19(25)24(2)3)22-13-8-14-26-18-12-7-10-16-9-5-6-11-17(16)18;/h5-6,9,11,18H,4,7-8,10,12-15H2,1-3H3,(H2,21,22,23);1H. The van der Waals surface area contributed by atoms with Crippen LogP contribution in [0.5, 0.6) is 0 Å². The number of nitrogens with zero attached hydrogens (tertiary/aromatic N) is 2. The van der Waals surface area contributed by atoms with Crippen molar-refractivity contribution in [1.82, 2.24) is 15.5 Å². The summed E-state index contributed by atoms with van der Waals surface area (Å²) in [7, 11) is 3.47. The van der Waals surface area contributed by atoms with Gasteiger partial charge in [0.25, 0.3) is 0 Å². The van der Waals surface area contributed by atoms with Crippen molar-refractivity contribution in [2.75, 3.05) is 40.3 Å². The molecule has 0 spiro atoms. The molecule has 1 aromatic carbocycles. The monoisotopic (exact) mass is 488 g/mol. The molecule has 0 aromatic heterocycles. The molecule has 0 fully saturated rings. The largest absolute Gasteiger partial charge is 0.373 e. The van der Waals surface area contributed by atoms with Crippen molar-refractivity contribution in [3.05, 3.63) is 35.4 Å². The van der Waals surface area contributed by atoms with Crippen LogP contribution in [-0.4, -0.2) is 57.1 Å². The van der Waals surface area contributed by atoms with Crippen LogP contribution >= 0.6 is 24.0 Å². The number of ether oxygens (including phenoxy) is 1. The van der Waals surface area contributed by atoms with Crippen molar-refractivity contribution in [3.8, 4) is 0 Å². The number of nitrogens with one attached hydrogen (secondary N) is 2. The Morgan fingerprint density at radius 3 is 2.81 bits per heavy atom. The molecular weight excluding hydrogens is 455 g/mol. The Hall–Kier alpha value is -1.35. The lowest BCUT2D eigenvalue weighted by Crippen LogP contribution is -2.39. The molecule has 6 nitrogen and oxygen atoms in total. The van der Waals surface area contributed by atoms with Gasteiger partial charge in [-0.1, -0.05) is 24.3 Å². The van der Waals surface area contributed by atoms with Gasteiger partial charge >= 0.3 is 0 Å². The summed E-state index contributed by atoms with van der Waals surface area (Å²) in [4.78, 5) is 17.5. The van der Waals surface area contributed by atoms with Crippen molar-refractivity contribution >= 4 is 35.8 Å². The maximum Gasteiger partial charge on any atom is 0.243 e. The average molecular weight is 488 g/mol. The van der Waals surface area contributed by atoms with Gasteiger partial charge in [0.1, 0.15) is 6.54 Å². The van der Waals surface area contributed by atoms with Gasteiger partial charge in [0.2, 0.25) is 5.91 Å². The van der Waals surface area contributed by atoms with Gasteiger partial charge in [-0.05, 0) is 43.7 Å². The number of benzene rings is 1. The summed E-state index contributed by atoms with van der Waals surface area (Å²) >= 11 is 0. The van der Waals surface area contributed by atoms with Crippen molar-refractivity contribution in [2.24, 2.45) is 4.99 Å². The number of carbonyl (C=O) groups excluding carboxylic acids is 1. The summed E-state index contributed by atoms with van der Waals surface area (Å²) in [5, 5.41) is 6.42. The fraction of sp³-hybridized carbons (Fsp3) is 0.600. The number of hydrogen-bond acceptors (Lipinski definition) is 3. The molecule has 1 aliphatic carbocycles. The van der Waals surface area contributed by atoms with Gasteiger partial charge in [0.05, 0.1) is 6.10 Å². The summed E-state index contributed by atoms with van der Waals surface area (Å²) < 4.78 is 6.12. The molecule has 0 saturated carbocycles. The van der Waals surface area contributed by atoms with Gasteiger partial charge in [0.15, 0.2) is 5.96 Å². The SMILES string of the molecule is CCNC(=NCC(=O)N(C)C)NCCCOC1CCCc2ccccc21.I. The van der Waals surface area contributed by atoms with Crippen LogP contribution in [0.15, 0.2) is 29.3 Å². The van der Waals surface area contributed by atoms with E-state index in [1.807, 2.05) is 6.92 Å². The number of carbonyl (C=O) groups is 1. The fourth-order valence-electron chi connectivity index (χ4n) is 3.02. The smallest absolute Gasteiger partial charge is 0.243 e. The van der Waals surface area contributed by atoms with Crippen LogP contribution in [-0.2, 0) is 16.0 Å². The van der Waals surface area contributed by atoms with E-state index in [-0.39, 0.29) is 42.5 Å². The highest BCUT2D eigenvalue weighted by Crippen LogP contribution is 2.32. The normalized spacial score (nSPS) is 16.1. The van der Waals surface area contributed by atoms with Gasteiger partial charge < -0.3 is 20.3 Å². The maximum absolute atomic E-state index is 11.6. The second kappa shape index (κ2) is 12.9. The molecule has 1 aliphatic rings. The zero-order chi connectivity index (χ0) is 18.8. The van der Waals surface area contributed by atoms with Gasteiger partial charge in [-0.25, -0.2) is 4.99 Å². The Morgan fingerprint density at radius 2 is 2.07 bits per heavy atom. The highest BCUT2D eigenvalue weighted by atomic mass is 127. The van der Waals surface area contributed by atoms with Gasteiger partial charge in [-0.3, -0.25) is 4.79 Å². The third kappa shape index (κ3) is 8.04. The molecule has 2 N–H and O–H groups in total. The number of guanidine groups is 1. The zero-order valence-corrected chi connectivity index (χ0v) is 19.0. The Morgan fingerprint density at radius 1 is 1.30 bits per heavy atom. The summed E-state index contributed by atoms with van der Waals surface area (Å²) in [6, 6.07) is 8.60. The predicted molar refractivity (Wildman–Crippen MR) is 121 cm³/mol. The van der Waals surface area contributed by atoms with Crippen LogP contribution in [0.4, 0.5) is 0 Å². The molecule has 1 atom stereocenters. The Bertz CT molecular complexity index is 607. The molecule has 7 heteroatoms. The summed E-state index contributed by atoms with van der Waals surface area (Å²) in [6.45, 7) is 4.39. The van der Waals surface area contributed by atoms with Gasteiger partial charge in [0, 0.05) is 33.8 Å². The van der Waals surface area contributed by atoms with E-state index in [9.17, 15) is 4.79 Å². The summed E-state index contributed by atoms with van der Waals surface area (Å²) in [6.07, 6.45) is 4.56. The molecule has 1 unspecified atom stereocenters. The first-order valence-electron chi connectivity index (χ1n) is 9.53. The first-order chi connectivity index (χ1) is 12.6. The fourth-order valence-corrected chi connectivity index (χ4v) is 3.02. The minimum atomic E-state index is -0.0125. The number of halogens is 1. The van der Waals surface area contributed by atoms with E-state index in [1.165, 1.54) is 17.5 Å². The van der Waals surface area contributed by atoms with E-state index in [0.29, 0.717) is 12.6 Å². The molecule has 0 heterocycles. The Kier molecular flexibility index (Phi) is 11.3. The average Bonchev–Trinajstić information content (AvgIpc) is 2.65. The van der Waals surface area contributed by atoms with E-state index < -0.39 is 0 Å². The molecule has 1 amide bonds. The number of rotatable bonds is 8. The van der Waals surface area contributed by atoms with Crippen LogP contribution < -0.4 is 10.6 Å². The molecule has 0 aliphatic heterocycles. The molecule has 0 radical (unpaired) electrons. The quantitative estimate of drug-likeness (QED) is 0.256. The van der Waals surface area contributed by atoms with Crippen molar-refractivity contribution in [1.29, 1.82) is 0 Å². The Balaban J connectivity index is 0.00000364. The molecular formula is C20H33IN4O2. The van der Waals surface area contributed by atoms with E-state index in [4.69, 9.17) is 4.74 Å². The lowest BCUT2D eigenvalue weighted by molar-refractivity contribution is -0.127. The lowest BCUT2D eigenvalue weighted by Gasteiger charge is -2.25. The van der Waals surface area contributed by atoms with Gasteiger partial charge in [-0.2, -0.15) is 0 Å². The molecule has 0 saturated heterocycles. The van der Waals surface area contributed by atoms with Crippen LogP contribution in [0.25, 0.3) is 0 Å². The molecule has 0 bridgehead atoms. The highest BCUT2D eigenvalue weighted by molar-refractivity contribution is 14.0. The van der Waals surface area contributed by atoms with Crippen molar-refractivity contribution in [3.63, 3.8) is 0 Å². The second-order valence-corrected chi connectivity index (χ2v) is 6.71. The number of fused-ring (bicyclic) bond motifs is 1. The number of likely N-dealkylation sites (N-methyl/N-ethyl adjacent to an activating group) is 1. The minimum absolute atomic E-state index is 0. The van der Waals surface area contributed by atoms with Crippen LogP contribution in [0, 0.1) is 0 Å². The van der Waals surface area contributed by atoms with Crippen molar-refractivity contribution in [2.45, 2.75) is 38.7 Å². The molecule has 1 aromatic rings. The number of aliphatic imine (C=N–C) groups is 1.